The second kappa shape index (κ2) is 10.2. The number of carbonyl (C=O) groups is 2. The highest BCUT2D eigenvalue weighted by molar-refractivity contribution is 6.46. The molecule has 1 aliphatic rings. The predicted molar refractivity (Wildman–Crippen MR) is 124 cm³/mol. The fourth-order valence-electron chi connectivity index (χ4n) is 3.65. The van der Waals surface area contributed by atoms with Crippen LogP contribution in [0.25, 0.3) is 5.76 Å². The first kappa shape index (κ1) is 23.9. The Morgan fingerprint density at radius 2 is 1.88 bits per heavy atom. The first-order valence-corrected chi connectivity index (χ1v) is 10.4. The molecule has 8 heteroatoms. The van der Waals surface area contributed by atoms with Gasteiger partial charge in [0.2, 0.25) is 0 Å². The number of likely N-dealkylation sites (N-methyl/N-ethyl adjacent to an activating group) is 1. The number of likely N-dealkylation sites (tertiary alicyclic amines) is 1. The fourth-order valence-corrected chi connectivity index (χ4v) is 3.65. The molecule has 0 aliphatic carbocycles. The molecule has 0 spiro atoms. The van der Waals surface area contributed by atoms with Crippen LogP contribution >= 0.6 is 0 Å². The summed E-state index contributed by atoms with van der Waals surface area (Å²) in [5, 5.41) is 21.1. The van der Waals surface area contributed by atoms with Crippen molar-refractivity contribution in [2.75, 3.05) is 40.9 Å². The molecule has 2 N–H and O–H groups in total. The van der Waals surface area contributed by atoms with E-state index in [1.54, 1.807) is 42.5 Å². The van der Waals surface area contributed by atoms with Gasteiger partial charge in [-0.1, -0.05) is 18.7 Å². The van der Waals surface area contributed by atoms with Crippen molar-refractivity contribution in [3.63, 3.8) is 0 Å². The van der Waals surface area contributed by atoms with E-state index in [1.165, 1.54) is 18.1 Å². The number of benzene rings is 2. The Labute approximate surface area is 193 Å². The number of aliphatic hydroxyl groups is 1. The summed E-state index contributed by atoms with van der Waals surface area (Å²) in [7, 11) is 5.15. The summed E-state index contributed by atoms with van der Waals surface area (Å²) < 4.78 is 10.7. The molecular weight excluding hydrogens is 424 g/mol. The van der Waals surface area contributed by atoms with Gasteiger partial charge in [0.05, 0.1) is 18.7 Å². The maximum absolute atomic E-state index is 13.0. The van der Waals surface area contributed by atoms with Crippen LogP contribution in [-0.2, 0) is 9.59 Å². The summed E-state index contributed by atoms with van der Waals surface area (Å²) in [4.78, 5) is 29.3. The SMILES string of the molecule is C=CCOc1ccc(/C(O)=C2\C(=O)C(=O)N(CCN(C)C)[C@H]2c2ccc(O)c(OC)c2)cc1. The van der Waals surface area contributed by atoms with Crippen molar-refractivity contribution >= 4 is 17.4 Å². The highest BCUT2D eigenvalue weighted by Crippen LogP contribution is 2.41. The van der Waals surface area contributed by atoms with E-state index in [0.717, 1.165) is 0 Å². The van der Waals surface area contributed by atoms with Crippen LogP contribution in [0, 0.1) is 0 Å². The Kier molecular flexibility index (Phi) is 7.40. The Morgan fingerprint density at radius 3 is 2.48 bits per heavy atom. The molecule has 1 amide bonds. The molecule has 3 rings (SSSR count). The lowest BCUT2D eigenvalue weighted by Gasteiger charge is -2.27. The van der Waals surface area contributed by atoms with E-state index < -0.39 is 17.7 Å². The van der Waals surface area contributed by atoms with E-state index in [0.29, 0.717) is 30.0 Å². The normalized spacial score (nSPS) is 17.5. The molecule has 2 aromatic rings. The van der Waals surface area contributed by atoms with Crippen LogP contribution < -0.4 is 9.47 Å². The molecule has 0 unspecified atom stereocenters. The van der Waals surface area contributed by atoms with Crippen LogP contribution in [0.1, 0.15) is 17.2 Å². The number of phenolic OH excluding ortho intramolecular Hbond substituents is 1. The van der Waals surface area contributed by atoms with Gasteiger partial charge in [-0.05, 0) is 56.1 Å². The maximum Gasteiger partial charge on any atom is 0.295 e. The summed E-state index contributed by atoms with van der Waals surface area (Å²) in [6.07, 6.45) is 1.62. The van der Waals surface area contributed by atoms with Crippen molar-refractivity contribution in [2.45, 2.75) is 6.04 Å². The molecule has 33 heavy (non-hydrogen) atoms. The number of ketones is 1. The van der Waals surface area contributed by atoms with Gasteiger partial charge in [-0.15, -0.1) is 0 Å². The van der Waals surface area contributed by atoms with Crippen molar-refractivity contribution in [1.29, 1.82) is 0 Å². The maximum atomic E-state index is 13.0. The summed E-state index contributed by atoms with van der Waals surface area (Å²) >= 11 is 0. The van der Waals surface area contributed by atoms with Crippen molar-refractivity contribution in [2.24, 2.45) is 0 Å². The third-order valence-corrected chi connectivity index (χ3v) is 5.34. The number of ether oxygens (including phenoxy) is 2. The molecule has 0 aromatic heterocycles. The van der Waals surface area contributed by atoms with E-state index in [9.17, 15) is 19.8 Å². The van der Waals surface area contributed by atoms with Gasteiger partial charge in [0.1, 0.15) is 18.1 Å². The van der Waals surface area contributed by atoms with Gasteiger partial charge in [0, 0.05) is 18.7 Å². The minimum Gasteiger partial charge on any atom is -0.507 e. The highest BCUT2D eigenvalue weighted by Gasteiger charge is 2.46. The van der Waals surface area contributed by atoms with Crippen molar-refractivity contribution in [1.82, 2.24) is 9.80 Å². The molecule has 8 nitrogen and oxygen atoms in total. The van der Waals surface area contributed by atoms with E-state index in [1.807, 2.05) is 19.0 Å². The van der Waals surface area contributed by atoms with E-state index in [-0.39, 0.29) is 29.4 Å². The minimum atomic E-state index is -0.837. The third kappa shape index (κ3) is 5.01. The van der Waals surface area contributed by atoms with Crippen LogP contribution in [0.3, 0.4) is 0 Å². The Bertz CT molecular complexity index is 1070. The predicted octanol–water partition coefficient (Wildman–Crippen LogP) is 2.95. The van der Waals surface area contributed by atoms with Crippen molar-refractivity contribution in [3.8, 4) is 17.2 Å². The van der Waals surface area contributed by atoms with Gasteiger partial charge in [-0.3, -0.25) is 9.59 Å². The zero-order chi connectivity index (χ0) is 24.1. The van der Waals surface area contributed by atoms with Crippen LogP contribution in [0.2, 0.25) is 0 Å². The molecule has 1 heterocycles. The average Bonchev–Trinajstić information content (AvgIpc) is 3.06. The molecule has 1 aliphatic heterocycles. The number of aromatic hydroxyl groups is 1. The number of hydrogen-bond acceptors (Lipinski definition) is 7. The van der Waals surface area contributed by atoms with Crippen LogP contribution in [0.5, 0.6) is 17.2 Å². The Balaban J connectivity index is 2.10. The summed E-state index contributed by atoms with van der Waals surface area (Å²) in [6, 6.07) is 10.3. The summed E-state index contributed by atoms with van der Waals surface area (Å²) in [5.41, 5.74) is 0.892. The smallest absolute Gasteiger partial charge is 0.295 e. The fraction of sp³-hybridized carbons (Fsp3) is 0.280. The molecular formula is C25H28N2O6. The highest BCUT2D eigenvalue weighted by atomic mass is 16.5. The zero-order valence-electron chi connectivity index (χ0n) is 18.9. The largest absolute Gasteiger partial charge is 0.507 e. The van der Waals surface area contributed by atoms with Crippen LogP contribution in [-0.4, -0.2) is 72.6 Å². The number of nitrogens with zero attached hydrogens (tertiary/aromatic N) is 2. The molecule has 1 saturated heterocycles. The number of carbonyl (C=O) groups excluding carboxylic acids is 2. The minimum absolute atomic E-state index is 0.0220. The number of Topliss-reactive ketones (excluding diaryl/α,β-unsaturated/α-hetero) is 1. The number of phenols is 1. The quantitative estimate of drug-likeness (QED) is 0.261. The number of methoxy groups -OCH3 is 1. The standard InChI is InChI=1S/C25H28N2O6/c1-5-14-33-18-9-6-16(7-10-18)23(29)21-22(17-8-11-19(28)20(15-17)32-4)27(13-12-26(2)3)25(31)24(21)30/h5-11,15,22,28-29H,1,12-14H2,2-4H3/b23-21+/t22-/m0/s1. The number of hydrogen-bond donors (Lipinski definition) is 2. The molecule has 0 saturated carbocycles. The second-order valence-corrected chi connectivity index (χ2v) is 7.85. The molecule has 0 radical (unpaired) electrons. The molecule has 174 valence electrons. The lowest BCUT2D eigenvalue weighted by molar-refractivity contribution is -0.140. The van der Waals surface area contributed by atoms with Gasteiger partial charge in [0.25, 0.3) is 11.7 Å². The van der Waals surface area contributed by atoms with Crippen LogP contribution in [0.4, 0.5) is 0 Å². The second-order valence-electron chi connectivity index (χ2n) is 7.85. The zero-order valence-corrected chi connectivity index (χ0v) is 18.9. The third-order valence-electron chi connectivity index (χ3n) is 5.34. The summed E-state index contributed by atoms with van der Waals surface area (Å²) in [5.74, 6) is -1.03. The lowest BCUT2D eigenvalue weighted by Crippen LogP contribution is -2.35. The van der Waals surface area contributed by atoms with E-state index >= 15 is 0 Å². The molecule has 1 atom stereocenters. The average molecular weight is 453 g/mol. The number of aliphatic hydroxyl groups excluding tert-OH is 1. The Morgan fingerprint density at radius 1 is 1.18 bits per heavy atom. The topological polar surface area (TPSA) is 99.5 Å². The monoisotopic (exact) mass is 452 g/mol. The van der Waals surface area contributed by atoms with Gasteiger partial charge < -0.3 is 29.5 Å². The number of amides is 1. The lowest BCUT2D eigenvalue weighted by atomic mass is 9.95. The first-order valence-electron chi connectivity index (χ1n) is 10.4. The van der Waals surface area contributed by atoms with E-state index in [2.05, 4.69) is 6.58 Å². The Hall–Kier alpha value is -3.78. The summed E-state index contributed by atoms with van der Waals surface area (Å²) in [6.45, 7) is 4.74. The van der Waals surface area contributed by atoms with Gasteiger partial charge in [-0.2, -0.15) is 0 Å². The molecule has 2 aromatic carbocycles. The molecule has 0 bridgehead atoms. The van der Waals surface area contributed by atoms with Gasteiger partial charge >= 0.3 is 0 Å². The van der Waals surface area contributed by atoms with Crippen molar-refractivity contribution < 1.29 is 29.3 Å². The molecule has 1 fully saturated rings. The number of rotatable bonds is 9. The van der Waals surface area contributed by atoms with Gasteiger partial charge in [0.15, 0.2) is 11.5 Å². The van der Waals surface area contributed by atoms with Crippen molar-refractivity contribution in [3.05, 3.63) is 71.8 Å². The first-order chi connectivity index (χ1) is 15.8. The van der Waals surface area contributed by atoms with Crippen LogP contribution in [0.15, 0.2) is 60.7 Å². The van der Waals surface area contributed by atoms with Gasteiger partial charge in [-0.25, -0.2) is 0 Å². The van der Waals surface area contributed by atoms with E-state index in [4.69, 9.17) is 9.47 Å².